The highest BCUT2D eigenvalue weighted by Crippen LogP contribution is 2.28. The number of anilines is 1. The number of pyridine rings is 1. The third-order valence-corrected chi connectivity index (χ3v) is 7.00. The molecule has 1 N–H and O–H groups in total. The number of hydrogen-bond donors (Lipinski definition) is 1. The summed E-state index contributed by atoms with van der Waals surface area (Å²) in [5, 5.41) is 2.75. The summed E-state index contributed by atoms with van der Waals surface area (Å²) in [6.07, 6.45) is -2.11. The number of nitrogens with one attached hydrogen (secondary N) is 1. The van der Waals surface area contributed by atoms with Crippen molar-refractivity contribution in [1.29, 1.82) is 0 Å². The molecule has 204 valence electrons. The van der Waals surface area contributed by atoms with Crippen LogP contribution in [0.3, 0.4) is 0 Å². The molecule has 4 heterocycles. The zero-order valence-electron chi connectivity index (χ0n) is 20.3. The molecule has 0 spiro atoms. The number of hydrogen-bond acceptors (Lipinski definition) is 8. The van der Waals surface area contributed by atoms with E-state index in [1.165, 1.54) is 6.20 Å². The lowest BCUT2D eigenvalue weighted by atomic mass is 9.98. The van der Waals surface area contributed by atoms with Crippen LogP contribution in [-0.2, 0) is 12.6 Å². The normalized spacial score (nSPS) is 15.1. The molecule has 1 fully saturated rings. The second-order valence-corrected chi connectivity index (χ2v) is 9.78. The van der Waals surface area contributed by atoms with Gasteiger partial charge in [0.1, 0.15) is 0 Å². The van der Waals surface area contributed by atoms with Gasteiger partial charge in [0.25, 0.3) is 12.3 Å². The fourth-order valence-electron chi connectivity index (χ4n) is 4.05. The van der Waals surface area contributed by atoms with E-state index in [9.17, 15) is 26.7 Å². The van der Waals surface area contributed by atoms with Crippen LogP contribution in [0.25, 0.3) is 0 Å². The lowest BCUT2D eigenvalue weighted by Crippen LogP contribution is -2.38. The number of nitrogens with zero attached hydrogens (tertiary/aromatic N) is 5. The van der Waals surface area contributed by atoms with E-state index in [2.05, 4.69) is 24.6 Å². The minimum Gasteiger partial charge on any atom is -0.477 e. The van der Waals surface area contributed by atoms with Gasteiger partial charge < -0.3 is 10.1 Å². The number of carbonyl (C=O) groups is 1. The molecule has 0 unspecified atom stereocenters. The van der Waals surface area contributed by atoms with Gasteiger partial charge in [-0.15, -0.1) is 0 Å². The summed E-state index contributed by atoms with van der Waals surface area (Å²) in [4.78, 5) is 26.7. The standard InChI is InChI=1S/C24H25F5N6O2S/c1-14-22(18(38-34-14)8-17-10-31-19(11-30-17)24(27,28)29)23(36)33-16-2-3-21(32-9-16)37-13-15-4-6-35(7-5-15)12-20(25)26/h2-3,9-11,15,20H,4-8,12-13H2,1H3,(H,33,36). The Morgan fingerprint density at radius 2 is 1.92 bits per heavy atom. The Kier molecular flexibility index (Phi) is 8.82. The van der Waals surface area contributed by atoms with Crippen LogP contribution in [0.4, 0.5) is 27.6 Å². The Hall–Kier alpha value is -3.26. The van der Waals surface area contributed by atoms with Crippen molar-refractivity contribution < 1.29 is 31.5 Å². The highest BCUT2D eigenvalue weighted by molar-refractivity contribution is 7.06. The van der Waals surface area contributed by atoms with Gasteiger partial charge in [0, 0.05) is 23.6 Å². The van der Waals surface area contributed by atoms with Crippen LogP contribution < -0.4 is 10.1 Å². The molecule has 4 rings (SSSR count). The summed E-state index contributed by atoms with van der Waals surface area (Å²) < 4.78 is 73.2. The highest BCUT2D eigenvalue weighted by atomic mass is 32.1. The van der Waals surface area contributed by atoms with Crippen LogP contribution in [0.5, 0.6) is 5.88 Å². The van der Waals surface area contributed by atoms with E-state index in [4.69, 9.17) is 4.74 Å². The zero-order valence-corrected chi connectivity index (χ0v) is 21.2. The average Bonchev–Trinajstić information content (AvgIpc) is 3.23. The smallest absolute Gasteiger partial charge is 0.434 e. The summed E-state index contributed by atoms with van der Waals surface area (Å²) in [5.74, 6) is 0.206. The van der Waals surface area contributed by atoms with E-state index in [0.29, 0.717) is 53.6 Å². The first-order valence-corrected chi connectivity index (χ1v) is 12.6. The summed E-state index contributed by atoms with van der Waals surface area (Å²) in [6.45, 7) is 3.12. The van der Waals surface area contributed by atoms with Gasteiger partial charge in [-0.1, -0.05) is 0 Å². The molecule has 3 aromatic rings. The molecule has 0 aromatic carbocycles. The van der Waals surface area contributed by atoms with Gasteiger partial charge in [0.15, 0.2) is 5.69 Å². The zero-order chi connectivity index (χ0) is 27.3. The lowest BCUT2D eigenvalue weighted by molar-refractivity contribution is -0.141. The number of rotatable bonds is 9. The van der Waals surface area contributed by atoms with Crippen molar-refractivity contribution in [2.45, 2.75) is 38.8 Å². The second-order valence-electron chi connectivity index (χ2n) is 8.92. The van der Waals surface area contributed by atoms with Crippen LogP contribution in [0.15, 0.2) is 30.7 Å². The quantitative estimate of drug-likeness (QED) is 0.377. The number of carbonyl (C=O) groups excluding carboxylic acids is 1. The Bertz CT molecular complexity index is 1210. The van der Waals surface area contributed by atoms with E-state index in [0.717, 1.165) is 30.6 Å². The van der Waals surface area contributed by atoms with E-state index >= 15 is 0 Å². The van der Waals surface area contributed by atoms with E-state index in [1.807, 2.05) is 0 Å². The molecule has 14 heteroatoms. The van der Waals surface area contributed by atoms with Crippen LogP contribution in [-0.4, -0.2) is 62.8 Å². The Balaban J connectivity index is 1.31. The minimum atomic E-state index is -4.58. The average molecular weight is 557 g/mol. The molecule has 0 radical (unpaired) electrons. The molecule has 0 saturated carbocycles. The maximum atomic E-state index is 13.0. The van der Waals surface area contributed by atoms with Crippen molar-refractivity contribution in [3.63, 3.8) is 0 Å². The maximum Gasteiger partial charge on any atom is 0.434 e. The van der Waals surface area contributed by atoms with Gasteiger partial charge in [-0.25, -0.2) is 18.7 Å². The number of piperidine rings is 1. The number of ether oxygens (including phenoxy) is 1. The van der Waals surface area contributed by atoms with Crippen molar-refractivity contribution in [1.82, 2.24) is 24.2 Å². The SMILES string of the molecule is Cc1nsc(Cc2cnc(C(F)(F)F)cn2)c1C(=O)Nc1ccc(OCC2CCN(CC(F)F)CC2)nc1. The first-order chi connectivity index (χ1) is 18.1. The molecule has 1 saturated heterocycles. The topological polar surface area (TPSA) is 93.1 Å². The monoisotopic (exact) mass is 556 g/mol. The van der Waals surface area contributed by atoms with Crippen LogP contribution in [0.1, 0.15) is 45.2 Å². The molecule has 1 aliphatic heterocycles. The number of aromatic nitrogens is 4. The number of halogens is 5. The molecule has 1 amide bonds. The van der Waals surface area contributed by atoms with Crippen molar-refractivity contribution in [2.75, 3.05) is 31.6 Å². The fourth-order valence-corrected chi connectivity index (χ4v) is 4.93. The Labute approximate surface area is 219 Å². The fraction of sp³-hybridized carbons (Fsp3) is 0.458. The van der Waals surface area contributed by atoms with Gasteiger partial charge >= 0.3 is 6.18 Å². The summed E-state index contributed by atoms with van der Waals surface area (Å²) in [7, 11) is 0. The third kappa shape index (κ3) is 7.40. The third-order valence-electron chi connectivity index (χ3n) is 6.06. The van der Waals surface area contributed by atoms with Gasteiger partial charge in [0.05, 0.1) is 48.2 Å². The maximum absolute atomic E-state index is 13.0. The first kappa shape index (κ1) is 27.8. The Morgan fingerprint density at radius 1 is 1.16 bits per heavy atom. The van der Waals surface area contributed by atoms with Crippen LogP contribution in [0.2, 0.25) is 0 Å². The van der Waals surface area contributed by atoms with Gasteiger partial charge in [0.2, 0.25) is 5.88 Å². The van der Waals surface area contributed by atoms with Crippen molar-refractivity contribution in [3.8, 4) is 5.88 Å². The van der Waals surface area contributed by atoms with E-state index in [-0.39, 0.29) is 24.6 Å². The molecule has 0 bridgehead atoms. The van der Waals surface area contributed by atoms with Crippen molar-refractivity contribution in [3.05, 3.63) is 58.2 Å². The second kappa shape index (κ2) is 12.1. The summed E-state index contributed by atoms with van der Waals surface area (Å²) in [6, 6.07) is 3.26. The molecule has 0 aliphatic carbocycles. The molecule has 1 aliphatic rings. The van der Waals surface area contributed by atoms with Gasteiger partial charge in [-0.2, -0.15) is 17.5 Å². The van der Waals surface area contributed by atoms with Gasteiger partial charge in [-0.3, -0.25) is 14.7 Å². The summed E-state index contributed by atoms with van der Waals surface area (Å²) in [5.41, 5.74) is 0.409. The minimum absolute atomic E-state index is 0.103. The molecular weight excluding hydrogens is 531 g/mol. The largest absolute Gasteiger partial charge is 0.477 e. The predicted octanol–water partition coefficient (Wildman–Crippen LogP) is 4.85. The Morgan fingerprint density at radius 3 is 2.53 bits per heavy atom. The van der Waals surface area contributed by atoms with E-state index < -0.39 is 24.2 Å². The number of alkyl halides is 5. The molecule has 38 heavy (non-hydrogen) atoms. The highest BCUT2D eigenvalue weighted by Gasteiger charge is 2.33. The number of aryl methyl sites for hydroxylation is 1. The molecular formula is C24H25F5N6O2S. The molecule has 0 atom stereocenters. The van der Waals surface area contributed by atoms with Gasteiger partial charge in [-0.05, 0) is 56.4 Å². The number of amides is 1. The van der Waals surface area contributed by atoms with Crippen molar-refractivity contribution in [2.24, 2.45) is 5.92 Å². The number of likely N-dealkylation sites (tertiary alicyclic amines) is 1. The summed E-state index contributed by atoms with van der Waals surface area (Å²) >= 11 is 1.07. The van der Waals surface area contributed by atoms with Crippen molar-refractivity contribution >= 4 is 23.1 Å². The van der Waals surface area contributed by atoms with Crippen LogP contribution >= 0.6 is 11.5 Å². The first-order valence-electron chi connectivity index (χ1n) is 11.8. The van der Waals surface area contributed by atoms with E-state index in [1.54, 1.807) is 24.0 Å². The molecule has 8 nitrogen and oxygen atoms in total. The molecule has 3 aromatic heterocycles. The predicted molar refractivity (Wildman–Crippen MR) is 130 cm³/mol. The van der Waals surface area contributed by atoms with Crippen LogP contribution in [0, 0.1) is 12.8 Å². The lowest BCUT2D eigenvalue weighted by Gasteiger charge is -2.31.